The first kappa shape index (κ1) is 12.7. The smallest absolute Gasteiger partial charge is 0.306 e. The maximum atomic E-state index is 10.9. The molecule has 0 aromatic carbocycles. The van der Waals surface area contributed by atoms with Gasteiger partial charge < -0.3 is 10.1 Å². The van der Waals surface area contributed by atoms with Crippen LogP contribution in [0.1, 0.15) is 24.7 Å². The second-order valence-electron chi connectivity index (χ2n) is 3.60. The van der Waals surface area contributed by atoms with Gasteiger partial charge in [0.05, 0.1) is 24.9 Å². The highest BCUT2D eigenvalue weighted by Crippen LogP contribution is 2.03. The maximum Gasteiger partial charge on any atom is 0.306 e. The highest BCUT2D eigenvalue weighted by molar-refractivity contribution is 5.69. The Morgan fingerprint density at radius 2 is 2.38 bits per heavy atom. The molecular weight excluding hydrogens is 206 g/mol. The zero-order valence-corrected chi connectivity index (χ0v) is 10.1. The van der Waals surface area contributed by atoms with E-state index in [1.165, 1.54) is 7.11 Å². The molecule has 0 saturated heterocycles. The quantitative estimate of drug-likeness (QED) is 0.576. The van der Waals surface area contributed by atoms with Crippen LogP contribution in [0.5, 0.6) is 0 Å². The Morgan fingerprint density at radius 1 is 1.62 bits per heavy atom. The molecule has 0 spiro atoms. The van der Waals surface area contributed by atoms with E-state index in [4.69, 9.17) is 0 Å². The lowest BCUT2D eigenvalue weighted by Gasteiger charge is -2.05. The van der Waals surface area contributed by atoms with Crippen LogP contribution in [0.15, 0.2) is 6.07 Å². The normalized spacial score (nSPS) is 10.4. The van der Waals surface area contributed by atoms with E-state index in [1.807, 2.05) is 11.6 Å². The standard InChI is InChI=1S/C11H19N3O2/c1-4-14-10(7-9(2)13-14)8-12-6-5-11(15)16-3/h7,12H,4-6,8H2,1-3H3. The van der Waals surface area contributed by atoms with Crippen LogP contribution in [-0.4, -0.2) is 29.4 Å². The van der Waals surface area contributed by atoms with Crippen molar-refractivity contribution in [2.24, 2.45) is 0 Å². The zero-order chi connectivity index (χ0) is 12.0. The fourth-order valence-corrected chi connectivity index (χ4v) is 1.52. The number of ether oxygens (including phenoxy) is 1. The number of carbonyl (C=O) groups excluding carboxylic acids is 1. The van der Waals surface area contributed by atoms with Crippen molar-refractivity contribution in [3.05, 3.63) is 17.5 Å². The van der Waals surface area contributed by atoms with Crippen molar-refractivity contribution >= 4 is 5.97 Å². The van der Waals surface area contributed by atoms with Gasteiger partial charge in [-0.2, -0.15) is 5.10 Å². The number of aromatic nitrogens is 2. The molecule has 0 atom stereocenters. The SMILES string of the molecule is CCn1nc(C)cc1CNCCC(=O)OC. The molecule has 0 aliphatic heterocycles. The third kappa shape index (κ3) is 3.66. The fourth-order valence-electron chi connectivity index (χ4n) is 1.52. The predicted molar refractivity (Wildman–Crippen MR) is 61.0 cm³/mol. The summed E-state index contributed by atoms with van der Waals surface area (Å²) in [5.74, 6) is -0.187. The van der Waals surface area contributed by atoms with E-state index in [1.54, 1.807) is 0 Å². The van der Waals surface area contributed by atoms with Gasteiger partial charge in [-0.05, 0) is 19.9 Å². The molecule has 0 radical (unpaired) electrons. The molecule has 90 valence electrons. The monoisotopic (exact) mass is 225 g/mol. The van der Waals surface area contributed by atoms with Crippen LogP contribution in [0.2, 0.25) is 0 Å². The van der Waals surface area contributed by atoms with Crippen LogP contribution in [0.25, 0.3) is 0 Å². The minimum atomic E-state index is -0.187. The van der Waals surface area contributed by atoms with E-state index in [9.17, 15) is 4.79 Å². The van der Waals surface area contributed by atoms with Gasteiger partial charge in [0, 0.05) is 19.6 Å². The molecule has 1 rings (SSSR count). The summed E-state index contributed by atoms with van der Waals surface area (Å²) in [6, 6.07) is 2.05. The summed E-state index contributed by atoms with van der Waals surface area (Å²) >= 11 is 0. The summed E-state index contributed by atoms with van der Waals surface area (Å²) in [6.45, 7) is 6.25. The highest BCUT2D eigenvalue weighted by Gasteiger charge is 2.04. The molecule has 0 amide bonds. The molecule has 0 bridgehead atoms. The van der Waals surface area contributed by atoms with Gasteiger partial charge in [-0.15, -0.1) is 0 Å². The van der Waals surface area contributed by atoms with Crippen molar-refractivity contribution in [2.75, 3.05) is 13.7 Å². The number of hydrogen-bond acceptors (Lipinski definition) is 4. The first-order valence-corrected chi connectivity index (χ1v) is 5.48. The van der Waals surface area contributed by atoms with E-state index in [0.29, 0.717) is 13.0 Å². The Kier molecular flexibility index (Phi) is 4.98. The summed E-state index contributed by atoms with van der Waals surface area (Å²) in [6.07, 6.45) is 0.399. The number of hydrogen-bond donors (Lipinski definition) is 1. The first-order valence-electron chi connectivity index (χ1n) is 5.48. The Morgan fingerprint density at radius 3 is 3.00 bits per heavy atom. The molecule has 0 aliphatic rings. The van der Waals surface area contributed by atoms with Gasteiger partial charge in [0.1, 0.15) is 0 Å². The van der Waals surface area contributed by atoms with Crippen molar-refractivity contribution < 1.29 is 9.53 Å². The number of aryl methyl sites for hydroxylation is 2. The van der Waals surface area contributed by atoms with Crippen molar-refractivity contribution in [2.45, 2.75) is 33.4 Å². The Hall–Kier alpha value is -1.36. The van der Waals surface area contributed by atoms with Crippen LogP contribution >= 0.6 is 0 Å². The lowest BCUT2D eigenvalue weighted by Crippen LogP contribution is -2.20. The predicted octanol–water partition coefficient (Wildman–Crippen LogP) is 0.864. The lowest BCUT2D eigenvalue weighted by atomic mass is 10.3. The van der Waals surface area contributed by atoms with E-state index in [-0.39, 0.29) is 5.97 Å². The van der Waals surface area contributed by atoms with Crippen LogP contribution < -0.4 is 5.32 Å². The van der Waals surface area contributed by atoms with Gasteiger partial charge in [0.2, 0.25) is 0 Å². The van der Waals surface area contributed by atoms with Crippen LogP contribution in [0.4, 0.5) is 0 Å². The van der Waals surface area contributed by atoms with Gasteiger partial charge in [-0.1, -0.05) is 0 Å². The van der Waals surface area contributed by atoms with Crippen molar-refractivity contribution in [1.29, 1.82) is 0 Å². The van der Waals surface area contributed by atoms with Crippen molar-refractivity contribution in [1.82, 2.24) is 15.1 Å². The van der Waals surface area contributed by atoms with Gasteiger partial charge >= 0.3 is 5.97 Å². The number of methoxy groups -OCH3 is 1. The number of nitrogens with zero attached hydrogens (tertiary/aromatic N) is 2. The van der Waals surface area contributed by atoms with Gasteiger partial charge in [0.15, 0.2) is 0 Å². The van der Waals surface area contributed by atoms with Crippen molar-refractivity contribution in [3.8, 4) is 0 Å². The molecule has 0 aliphatic carbocycles. The average molecular weight is 225 g/mol. The maximum absolute atomic E-state index is 10.9. The van der Waals surface area contributed by atoms with Crippen LogP contribution in [-0.2, 0) is 22.6 Å². The van der Waals surface area contributed by atoms with Crippen molar-refractivity contribution in [3.63, 3.8) is 0 Å². The molecule has 1 aromatic rings. The summed E-state index contributed by atoms with van der Waals surface area (Å²) in [7, 11) is 1.40. The average Bonchev–Trinajstić information content (AvgIpc) is 2.64. The largest absolute Gasteiger partial charge is 0.469 e. The molecule has 0 unspecified atom stereocenters. The summed E-state index contributed by atoms with van der Waals surface area (Å²) in [4.78, 5) is 10.9. The lowest BCUT2D eigenvalue weighted by molar-refractivity contribution is -0.140. The second kappa shape index (κ2) is 6.27. The van der Waals surface area contributed by atoms with E-state index < -0.39 is 0 Å². The Balaban J connectivity index is 2.34. The van der Waals surface area contributed by atoms with E-state index >= 15 is 0 Å². The molecule has 16 heavy (non-hydrogen) atoms. The molecule has 1 aromatic heterocycles. The first-order chi connectivity index (χ1) is 7.67. The third-order valence-corrected chi connectivity index (χ3v) is 2.32. The summed E-state index contributed by atoms with van der Waals surface area (Å²) in [5, 5.41) is 7.54. The van der Waals surface area contributed by atoms with Crippen LogP contribution in [0.3, 0.4) is 0 Å². The zero-order valence-electron chi connectivity index (χ0n) is 10.1. The number of esters is 1. The highest BCUT2D eigenvalue weighted by atomic mass is 16.5. The summed E-state index contributed by atoms with van der Waals surface area (Å²) in [5.41, 5.74) is 2.16. The molecule has 5 heteroatoms. The number of rotatable bonds is 6. The Labute approximate surface area is 95.8 Å². The molecule has 5 nitrogen and oxygen atoms in total. The molecule has 1 heterocycles. The summed E-state index contributed by atoms with van der Waals surface area (Å²) < 4.78 is 6.51. The van der Waals surface area contributed by atoms with E-state index in [0.717, 1.165) is 24.5 Å². The van der Waals surface area contributed by atoms with Gasteiger partial charge in [0.25, 0.3) is 0 Å². The number of nitrogens with one attached hydrogen (secondary N) is 1. The number of carbonyl (C=O) groups is 1. The fraction of sp³-hybridized carbons (Fsp3) is 0.636. The minimum Gasteiger partial charge on any atom is -0.469 e. The topological polar surface area (TPSA) is 56.2 Å². The molecule has 0 fully saturated rings. The Bertz CT molecular complexity index is 347. The van der Waals surface area contributed by atoms with E-state index in [2.05, 4.69) is 28.1 Å². The minimum absolute atomic E-state index is 0.187. The molecule has 0 saturated carbocycles. The third-order valence-electron chi connectivity index (χ3n) is 2.32. The second-order valence-corrected chi connectivity index (χ2v) is 3.60. The van der Waals surface area contributed by atoms with Gasteiger partial charge in [-0.25, -0.2) is 0 Å². The molecule has 1 N–H and O–H groups in total. The van der Waals surface area contributed by atoms with Crippen LogP contribution in [0, 0.1) is 6.92 Å². The van der Waals surface area contributed by atoms with Gasteiger partial charge in [-0.3, -0.25) is 9.48 Å². The molecular formula is C11H19N3O2.